The highest BCUT2D eigenvalue weighted by Crippen LogP contribution is 2.31. The smallest absolute Gasteiger partial charge is 0.310 e. The molecule has 2 nitrogen and oxygen atoms in total. The molecule has 0 heterocycles. The third-order valence-corrected chi connectivity index (χ3v) is 5.33. The molecule has 1 aliphatic carbocycles. The van der Waals surface area contributed by atoms with Crippen LogP contribution in [0.25, 0.3) is 0 Å². The SMILES string of the molecule is CC(C)c1cc(C#CC2CCCCC2)cc(C(C)C)c1CC(=O)OC(C)(C)C. The largest absolute Gasteiger partial charge is 0.460 e. The molecule has 1 aromatic rings. The van der Waals surface area contributed by atoms with Crippen molar-refractivity contribution in [1.82, 2.24) is 0 Å². The van der Waals surface area contributed by atoms with Crippen LogP contribution in [0.5, 0.6) is 0 Å². The average Bonchev–Trinajstić information content (AvgIpc) is 2.59. The van der Waals surface area contributed by atoms with Crippen LogP contribution >= 0.6 is 0 Å². The maximum Gasteiger partial charge on any atom is 0.310 e. The molecule has 0 N–H and O–H groups in total. The van der Waals surface area contributed by atoms with Crippen LogP contribution in [0.15, 0.2) is 12.1 Å². The third-order valence-electron chi connectivity index (χ3n) is 5.33. The van der Waals surface area contributed by atoms with Gasteiger partial charge in [0.2, 0.25) is 0 Å². The van der Waals surface area contributed by atoms with E-state index in [2.05, 4.69) is 51.7 Å². The van der Waals surface area contributed by atoms with Gasteiger partial charge in [-0.25, -0.2) is 0 Å². The number of hydrogen-bond acceptors (Lipinski definition) is 2. The Morgan fingerprint density at radius 3 is 2.04 bits per heavy atom. The van der Waals surface area contributed by atoms with E-state index in [9.17, 15) is 4.79 Å². The molecule has 0 radical (unpaired) electrons. The zero-order valence-corrected chi connectivity index (χ0v) is 18.9. The summed E-state index contributed by atoms with van der Waals surface area (Å²) in [6.07, 6.45) is 6.77. The highest BCUT2D eigenvalue weighted by Gasteiger charge is 2.22. The van der Waals surface area contributed by atoms with E-state index in [0.717, 1.165) is 11.1 Å². The second kappa shape index (κ2) is 9.64. The van der Waals surface area contributed by atoms with E-state index >= 15 is 0 Å². The van der Waals surface area contributed by atoms with Crippen molar-refractivity contribution in [2.24, 2.45) is 5.92 Å². The van der Waals surface area contributed by atoms with Crippen LogP contribution in [0.4, 0.5) is 0 Å². The summed E-state index contributed by atoms with van der Waals surface area (Å²) in [5, 5.41) is 0. The summed E-state index contributed by atoms with van der Waals surface area (Å²) in [6.45, 7) is 14.5. The monoisotopic (exact) mass is 382 g/mol. The van der Waals surface area contributed by atoms with Gasteiger partial charge in [0.25, 0.3) is 0 Å². The molecule has 0 amide bonds. The van der Waals surface area contributed by atoms with Crippen LogP contribution in [-0.4, -0.2) is 11.6 Å². The standard InChI is InChI=1S/C26H38O2/c1-18(2)22-15-21(14-13-20-11-9-8-10-12-20)16-23(19(3)4)24(22)17-25(27)28-26(5,6)7/h15-16,18-20H,8-12,17H2,1-7H3. The lowest BCUT2D eigenvalue weighted by atomic mass is 9.85. The summed E-state index contributed by atoms with van der Waals surface area (Å²) < 4.78 is 5.60. The van der Waals surface area contributed by atoms with Crippen molar-refractivity contribution in [3.8, 4) is 11.8 Å². The van der Waals surface area contributed by atoms with E-state index in [4.69, 9.17) is 4.74 Å². The van der Waals surface area contributed by atoms with Gasteiger partial charge in [-0.05, 0) is 74.3 Å². The minimum atomic E-state index is -0.460. The lowest BCUT2D eigenvalue weighted by Gasteiger charge is -2.23. The number of carbonyl (C=O) groups excluding carboxylic acids is 1. The minimum absolute atomic E-state index is 0.155. The second-order valence-corrected chi connectivity index (χ2v) is 9.81. The van der Waals surface area contributed by atoms with Gasteiger partial charge in [0.05, 0.1) is 6.42 Å². The van der Waals surface area contributed by atoms with Gasteiger partial charge >= 0.3 is 5.97 Å². The Morgan fingerprint density at radius 1 is 1.04 bits per heavy atom. The van der Waals surface area contributed by atoms with Gasteiger partial charge in [-0.3, -0.25) is 4.79 Å². The van der Waals surface area contributed by atoms with Crippen molar-refractivity contribution >= 4 is 5.97 Å². The summed E-state index contributed by atoms with van der Waals surface area (Å²) in [7, 11) is 0. The molecular weight excluding hydrogens is 344 g/mol. The lowest BCUT2D eigenvalue weighted by Crippen LogP contribution is -2.25. The van der Waals surface area contributed by atoms with Gasteiger partial charge in [0.15, 0.2) is 0 Å². The Kier molecular flexibility index (Phi) is 7.76. The Balaban J connectivity index is 2.38. The van der Waals surface area contributed by atoms with Crippen LogP contribution in [0, 0.1) is 17.8 Å². The van der Waals surface area contributed by atoms with Gasteiger partial charge in [0, 0.05) is 11.5 Å². The van der Waals surface area contributed by atoms with Crippen molar-refractivity contribution < 1.29 is 9.53 Å². The van der Waals surface area contributed by atoms with Crippen molar-refractivity contribution in [2.75, 3.05) is 0 Å². The van der Waals surface area contributed by atoms with E-state index in [1.165, 1.54) is 43.2 Å². The van der Waals surface area contributed by atoms with Crippen LogP contribution in [0.2, 0.25) is 0 Å². The Morgan fingerprint density at radius 2 is 1.57 bits per heavy atom. The van der Waals surface area contributed by atoms with Gasteiger partial charge < -0.3 is 4.74 Å². The van der Waals surface area contributed by atoms with E-state index in [1.54, 1.807) is 0 Å². The predicted molar refractivity (Wildman–Crippen MR) is 118 cm³/mol. The molecule has 1 aromatic carbocycles. The predicted octanol–water partition coefficient (Wildman–Crippen LogP) is 6.75. The van der Waals surface area contributed by atoms with Crippen molar-refractivity contribution in [3.63, 3.8) is 0 Å². The first-order valence-electron chi connectivity index (χ1n) is 11.0. The molecule has 0 unspecified atom stereocenters. The van der Waals surface area contributed by atoms with Crippen LogP contribution in [0.3, 0.4) is 0 Å². The average molecular weight is 383 g/mol. The summed E-state index contributed by atoms with van der Waals surface area (Å²) in [5.74, 6) is 8.04. The van der Waals surface area contributed by atoms with Crippen LogP contribution in [0.1, 0.15) is 115 Å². The molecular formula is C26H38O2. The van der Waals surface area contributed by atoms with Gasteiger partial charge in [-0.2, -0.15) is 0 Å². The van der Waals surface area contributed by atoms with Crippen molar-refractivity contribution in [2.45, 2.75) is 104 Å². The summed E-state index contributed by atoms with van der Waals surface area (Å²) in [6, 6.07) is 4.40. The normalized spacial score (nSPS) is 15.5. The van der Waals surface area contributed by atoms with Crippen molar-refractivity contribution in [3.05, 3.63) is 34.4 Å². The highest BCUT2D eigenvalue weighted by atomic mass is 16.6. The second-order valence-electron chi connectivity index (χ2n) is 9.81. The number of benzene rings is 1. The highest BCUT2D eigenvalue weighted by molar-refractivity contribution is 5.74. The number of esters is 1. The zero-order chi connectivity index (χ0) is 20.9. The maximum atomic E-state index is 12.5. The van der Waals surface area contributed by atoms with Crippen LogP contribution < -0.4 is 0 Å². The molecule has 1 aliphatic rings. The Labute approximate surface area is 172 Å². The molecule has 0 atom stereocenters. The minimum Gasteiger partial charge on any atom is -0.460 e. The van der Waals surface area contributed by atoms with E-state index in [0.29, 0.717) is 24.2 Å². The molecule has 0 saturated heterocycles. The first-order valence-corrected chi connectivity index (χ1v) is 11.0. The molecule has 0 aromatic heterocycles. The molecule has 0 bridgehead atoms. The lowest BCUT2D eigenvalue weighted by molar-refractivity contribution is -0.153. The fourth-order valence-electron chi connectivity index (χ4n) is 3.98. The Hall–Kier alpha value is -1.75. The van der Waals surface area contributed by atoms with Gasteiger partial charge in [0.1, 0.15) is 5.60 Å². The summed E-state index contributed by atoms with van der Waals surface area (Å²) in [4.78, 5) is 12.5. The topological polar surface area (TPSA) is 26.3 Å². The third kappa shape index (κ3) is 6.69. The number of hydrogen-bond donors (Lipinski definition) is 0. The number of ether oxygens (including phenoxy) is 1. The van der Waals surface area contributed by atoms with E-state index in [-0.39, 0.29) is 5.97 Å². The molecule has 0 aliphatic heterocycles. The van der Waals surface area contributed by atoms with E-state index in [1.807, 2.05) is 20.8 Å². The fraction of sp³-hybridized carbons (Fsp3) is 0.654. The molecule has 154 valence electrons. The summed E-state index contributed by atoms with van der Waals surface area (Å²) >= 11 is 0. The molecule has 28 heavy (non-hydrogen) atoms. The summed E-state index contributed by atoms with van der Waals surface area (Å²) in [5.41, 5.74) is 4.21. The number of carbonyl (C=O) groups is 1. The molecule has 1 saturated carbocycles. The number of rotatable bonds is 4. The maximum absolute atomic E-state index is 12.5. The van der Waals surface area contributed by atoms with E-state index < -0.39 is 5.60 Å². The van der Waals surface area contributed by atoms with Gasteiger partial charge in [-0.15, -0.1) is 0 Å². The zero-order valence-electron chi connectivity index (χ0n) is 18.9. The molecule has 1 fully saturated rings. The first kappa shape index (κ1) is 22.5. The van der Waals surface area contributed by atoms with Crippen LogP contribution in [-0.2, 0) is 16.0 Å². The quantitative estimate of drug-likeness (QED) is 0.425. The Bertz CT molecular complexity index is 703. The fourth-order valence-corrected chi connectivity index (χ4v) is 3.98. The molecule has 0 spiro atoms. The molecule has 2 heteroatoms. The first-order chi connectivity index (χ1) is 13.1. The van der Waals surface area contributed by atoms with Crippen molar-refractivity contribution in [1.29, 1.82) is 0 Å². The molecule has 2 rings (SSSR count). The van der Waals surface area contributed by atoms with Gasteiger partial charge in [-0.1, -0.05) is 58.8 Å².